The molecule has 0 aromatic carbocycles. The Kier molecular flexibility index (Phi) is 5.62. The van der Waals surface area contributed by atoms with E-state index in [2.05, 4.69) is 27.7 Å². The lowest BCUT2D eigenvalue weighted by Crippen LogP contribution is -2.60. The van der Waals surface area contributed by atoms with Crippen molar-refractivity contribution in [3.05, 3.63) is 0 Å². The maximum atomic E-state index is 12.8. The van der Waals surface area contributed by atoms with E-state index in [1.807, 2.05) is 7.11 Å². The van der Waals surface area contributed by atoms with E-state index < -0.39 is 0 Å². The monoisotopic (exact) mass is 474 g/mol. The molecule has 0 N–H and O–H groups in total. The molecule has 6 fully saturated rings. The van der Waals surface area contributed by atoms with Crippen molar-refractivity contribution in [2.45, 2.75) is 103 Å². The van der Waals surface area contributed by atoms with Crippen molar-refractivity contribution < 1.29 is 23.7 Å². The first-order chi connectivity index (χ1) is 16.2. The summed E-state index contributed by atoms with van der Waals surface area (Å²) in [6, 6.07) is 0. The zero-order chi connectivity index (χ0) is 24.0. The first-order valence-corrected chi connectivity index (χ1v) is 14.1. The van der Waals surface area contributed by atoms with Gasteiger partial charge in [0.2, 0.25) is 0 Å². The molecular weight excluding hydrogens is 428 g/mol. The van der Waals surface area contributed by atoms with Crippen LogP contribution in [-0.4, -0.2) is 50.7 Å². The molecule has 0 radical (unpaired) electrons. The van der Waals surface area contributed by atoms with Gasteiger partial charge in [0.1, 0.15) is 6.10 Å². The molecule has 4 saturated carbocycles. The molecule has 2 saturated heterocycles. The average Bonchev–Trinajstić information content (AvgIpc) is 3.26. The summed E-state index contributed by atoms with van der Waals surface area (Å²) >= 11 is 0. The Balaban J connectivity index is 1.30. The molecule has 6 aliphatic rings. The molecule has 2 aliphatic heterocycles. The minimum Gasteiger partial charge on any atom is -0.381 e. The molecule has 5 nitrogen and oxygen atoms in total. The van der Waals surface area contributed by atoms with E-state index in [-0.39, 0.29) is 29.2 Å². The number of carbonyl (C=O) groups excluding carboxylic acids is 1. The summed E-state index contributed by atoms with van der Waals surface area (Å²) in [6.45, 7) is 10.6. The highest BCUT2D eigenvalue weighted by atomic mass is 16.7. The van der Waals surface area contributed by atoms with Gasteiger partial charge in [-0.25, -0.2) is 0 Å². The van der Waals surface area contributed by atoms with Gasteiger partial charge in [-0.15, -0.1) is 0 Å². The van der Waals surface area contributed by atoms with E-state index in [1.54, 1.807) is 7.11 Å². The van der Waals surface area contributed by atoms with Gasteiger partial charge in [-0.1, -0.05) is 27.7 Å². The van der Waals surface area contributed by atoms with Crippen molar-refractivity contribution in [3.63, 3.8) is 0 Å². The summed E-state index contributed by atoms with van der Waals surface area (Å²) in [5, 5.41) is 0. The average molecular weight is 475 g/mol. The van der Waals surface area contributed by atoms with Gasteiger partial charge in [0.25, 0.3) is 0 Å². The smallest absolute Gasteiger partial charge is 0.171 e. The van der Waals surface area contributed by atoms with Gasteiger partial charge in [-0.3, -0.25) is 4.79 Å². The Bertz CT molecular complexity index is 819. The summed E-state index contributed by atoms with van der Waals surface area (Å²) in [5.74, 6) is 3.86. The van der Waals surface area contributed by atoms with Crippen LogP contribution in [-0.2, 0) is 23.7 Å². The fraction of sp³-hybridized carbons (Fsp3) is 0.966. The van der Waals surface area contributed by atoms with Crippen molar-refractivity contribution in [1.82, 2.24) is 0 Å². The van der Waals surface area contributed by atoms with Crippen molar-refractivity contribution in [1.29, 1.82) is 0 Å². The molecule has 0 unspecified atom stereocenters. The molecule has 0 aromatic heterocycles. The predicted octanol–water partition coefficient (Wildman–Crippen LogP) is 5.25. The predicted molar refractivity (Wildman–Crippen MR) is 129 cm³/mol. The number of hydrogen-bond acceptors (Lipinski definition) is 5. The van der Waals surface area contributed by atoms with E-state index in [1.165, 1.54) is 19.3 Å². The Morgan fingerprint density at radius 3 is 2.41 bits per heavy atom. The molecule has 0 amide bonds. The highest BCUT2D eigenvalue weighted by molar-refractivity contribution is 5.84. The topological polar surface area (TPSA) is 54.0 Å². The molecule has 5 heteroatoms. The largest absolute Gasteiger partial charge is 0.381 e. The van der Waals surface area contributed by atoms with E-state index >= 15 is 0 Å². The van der Waals surface area contributed by atoms with Gasteiger partial charge in [0, 0.05) is 33.0 Å². The molecule has 1 spiro atoms. The van der Waals surface area contributed by atoms with Crippen LogP contribution in [0.3, 0.4) is 0 Å². The molecule has 192 valence electrons. The van der Waals surface area contributed by atoms with Crippen LogP contribution in [0.25, 0.3) is 0 Å². The van der Waals surface area contributed by atoms with Gasteiger partial charge >= 0.3 is 0 Å². The fourth-order valence-electron chi connectivity index (χ4n) is 10.6. The molecule has 0 bridgehead atoms. The maximum Gasteiger partial charge on any atom is 0.171 e. The number of Topliss-reactive ketones (excluding diaryl/α,β-unsaturated/α-hetero) is 1. The minimum atomic E-state index is -0.346. The second-order valence-electron chi connectivity index (χ2n) is 13.6. The molecular formula is C29H46O5. The van der Waals surface area contributed by atoms with Crippen LogP contribution in [0.4, 0.5) is 0 Å². The van der Waals surface area contributed by atoms with Crippen LogP contribution >= 0.6 is 0 Å². The van der Waals surface area contributed by atoms with E-state index in [9.17, 15) is 4.79 Å². The fourth-order valence-corrected chi connectivity index (χ4v) is 10.6. The quantitative estimate of drug-likeness (QED) is 0.547. The van der Waals surface area contributed by atoms with Gasteiger partial charge in [-0.2, -0.15) is 0 Å². The van der Waals surface area contributed by atoms with Crippen LogP contribution in [0.5, 0.6) is 0 Å². The Morgan fingerprint density at radius 1 is 0.941 bits per heavy atom. The first kappa shape index (κ1) is 23.9. The van der Waals surface area contributed by atoms with Gasteiger partial charge in [-0.05, 0) is 84.9 Å². The number of fused-ring (bicyclic) bond motifs is 7. The molecule has 0 aromatic rings. The Hall–Kier alpha value is -0.490. The van der Waals surface area contributed by atoms with Crippen LogP contribution in [0, 0.1) is 52.3 Å². The lowest BCUT2D eigenvalue weighted by atomic mass is 9.43. The van der Waals surface area contributed by atoms with Crippen molar-refractivity contribution in [2.75, 3.05) is 20.8 Å². The number of carbonyl (C=O) groups is 1. The van der Waals surface area contributed by atoms with E-state index in [0.717, 1.165) is 32.3 Å². The van der Waals surface area contributed by atoms with Crippen molar-refractivity contribution in [2.24, 2.45) is 52.3 Å². The van der Waals surface area contributed by atoms with Crippen molar-refractivity contribution in [3.8, 4) is 0 Å². The first-order valence-electron chi connectivity index (χ1n) is 14.1. The summed E-state index contributed by atoms with van der Waals surface area (Å²) in [5.41, 5.74) is 0.404. The van der Waals surface area contributed by atoms with Crippen LogP contribution < -0.4 is 0 Å². The third kappa shape index (κ3) is 3.08. The lowest BCUT2D eigenvalue weighted by molar-refractivity contribution is -0.273. The van der Waals surface area contributed by atoms with Gasteiger partial charge < -0.3 is 18.9 Å². The van der Waals surface area contributed by atoms with E-state index in [4.69, 9.17) is 18.9 Å². The van der Waals surface area contributed by atoms with Crippen LogP contribution in [0.15, 0.2) is 0 Å². The number of rotatable bonds is 2. The maximum absolute atomic E-state index is 12.8. The Morgan fingerprint density at radius 2 is 1.74 bits per heavy atom. The normalized spacial score (nSPS) is 58.8. The summed E-state index contributed by atoms with van der Waals surface area (Å²) in [6.07, 6.45) is 8.76. The van der Waals surface area contributed by atoms with Crippen LogP contribution in [0.2, 0.25) is 0 Å². The number of ether oxygens (including phenoxy) is 4. The molecule has 6 rings (SSSR count). The molecule has 4 aliphatic carbocycles. The standard InChI is InChI=1S/C29H46O5/c1-16-7-10-29(33-15-16)17(2)26-24(34-29)13-20-18-11-23(31-5)21-12-22(30)25(32-6)14-28(21,4)19(18)8-9-27(20,26)3/h16-21,23-26H,7-15H2,1-6H3/t16-,17+,18-,19+,20+,21-,23-,24+,25-,26+,27+,28-,29-/m1/s1. The summed E-state index contributed by atoms with van der Waals surface area (Å²) in [7, 11) is 3.57. The Labute approximate surface area is 206 Å². The highest BCUT2D eigenvalue weighted by Gasteiger charge is 2.70. The molecule has 13 atom stereocenters. The highest BCUT2D eigenvalue weighted by Crippen LogP contribution is 2.71. The van der Waals surface area contributed by atoms with Crippen molar-refractivity contribution >= 4 is 5.78 Å². The van der Waals surface area contributed by atoms with Gasteiger partial charge in [0.15, 0.2) is 11.6 Å². The van der Waals surface area contributed by atoms with Crippen LogP contribution in [0.1, 0.15) is 79.1 Å². The minimum absolute atomic E-state index is 0.105. The summed E-state index contributed by atoms with van der Waals surface area (Å²) < 4.78 is 25.3. The number of hydrogen-bond donors (Lipinski definition) is 0. The third-order valence-electron chi connectivity index (χ3n) is 12.3. The second kappa shape index (κ2) is 8.00. The van der Waals surface area contributed by atoms with Gasteiger partial charge in [0.05, 0.1) is 18.8 Å². The number of ketones is 1. The zero-order valence-corrected chi connectivity index (χ0v) is 22.2. The molecule has 2 heterocycles. The lowest BCUT2D eigenvalue weighted by Gasteiger charge is -2.62. The SMILES string of the molecule is CO[C@@H]1C[C@@]2(C)[C@H](CC1=O)[C@H](OC)C[C@@H]1[C@@H]2CC[C@]2(C)[C@@H]3[C@H](C[C@@H]12)O[C@]1(CC[C@@H](C)CO1)[C@H]3C. The zero-order valence-electron chi connectivity index (χ0n) is 22.2. The second-order valence-corrected chi connectivity index (χ2v) is 13.6. The summed E-state index contributed by atoms with van der Waals surface area (Å²) in [4.78, 5) is 12.8. The number of methoxy groups -OCH3 is 2. The molecule has 34 heavy (non-hydrogen) atoms. The van der Waals surface area contributed by atoms with E-state index in [0.29, 0.717) is 59.4 Å². The third-order valence-corrected chi connectivity index (χ3v) is 12.3.